The molecule has 1 atom stereocenters. The third-order valence-corrected chi connectivity index (χ3v) is 2.29. The summed E-state index contributed by atoms with van der Waals surface area (Å²) in [7, 11) is 0. The highest BCUT2D eigenvalue weighted by Gasteiger charge is 2.21. The minimum Gasteiger partial charge on any atom is -0.480 e. The smallest absolute Gasteiger partial charge is 0.328 e. The molecule has 1 rings (SSSR count). The lowest BCUT2D eigenvalue weighted by atomic mass is 10.0. The molecular formula is C9H15NO3. The Hall–Kier alpha value is -1.03. The van der Waals surface area contributed by atoms with Crippen LogP contribution in [-0.4, -0.2) is 27.4 Å². The Labute approximate surface area is 77.4 Å². The van der Waals surface area contributed by atoms with Crippen LogP contribution < -0.4 is 0 Å². The molecule has 0 saturated carbocycles. The van der Waals surface area contributed by atoms with Crippen LogP contribution in [0.2, 0.25) is 0 Å². The molecule has 4 heteroatoms. The first-order chi connectivity index (χ1) is 6.13. The van der Waals surface area contributed by atoms with E-state index in [2.05, 4.69) is 0 Å². The quantitative estimate of drug-likeness (QED) is 0.656. The first-order valence-electron chi connectivity index (χ1n) is 4.53. The van der Waals surface area contributed by atoms with Crippen LogP contribution in [0.1, 0.15) is 32.6 Å². The molecule has 1 aliphatic carbocycles. The van der Waals surface area contributed by atoms with E-state index in [-0.39, 0.29) is 0 Å². The van der Waals surface area contributed by atoms with Crippen LogP contribution in [0.5, 0.6) is 0 Å². The fourth-order valence-electron chi connectivity index (χ4n) is 1.38. The van der Waals surface area contributed by atoms with Crippen molar-refractivity contribution in [3.8, 4) is 0 Å². The summed E-state index contributed by atoms with van der Waals surface area (Å²) in [6.07, 6.45) is 5.75. The number of rotatable bonds is 3. The first kappa shape index (κ1) is 10.1. The lowest BCUT2D eigenvalue weighted by Gasteiger charge is -2.26. The first-order valence-corrected chi connectivity index (χ1v) is 4.53. The molecule has 0 spiro atoms. The van der Waals surface area contributed by atoms with Crippen LogP contribution in [0.4, 0.5) is 0 Å². The maximum absolute atomic E-state index is 10.6. The molecule has 0 saturated heterocycles. The van der Waals surface area contributed by atoms with Gasteiger partial charge in [0.15, 0.2) is 6.04 Å². The number of allylic oxidation sites excluding steroid dienone is 2. The van der Waals surface area contributed by atoms with E-state index < -0.39 is 12.0 Å². The fraction of sp³-hybridized carbons (Fsp3) is 0.667. The average molecular weight is 185 g/mol. The average Bonchev–Trinajstić information content (AvgIpc) is 2.17. The Bertz CT molecular complexity index is 225. The van der Waals surface area contributed by atoms with Gasteiger partial charge in [0, 0.05) is 5.70 Å². The van der Waals surface area contributed by atoms with Gasteiger partial charge in [-0.05, 0) is 32.6 Å². The second-order valence-electron chi connectivity index (χ2n) is 3.30. The van der Waals surface area contributed by atoms with Crippen molar-refractivity contribution < 1.29 is 15.1 Å². The Morgan fingerprint density at radius 3 is 2.77 bits per heavy atom. The molecule has 0 radical (unpaired) electrons. The van der Waals surface area contributed by atoms with Crippen LogP contribution in [-0.2, 0) is 4.79 Å². The SMILES string of the molecule is CC(C(=O)O)N(O)C1=CCCCC1. The molecule has 74 valence electrons. The Morgan fingerprint density at radius 2 is 2.31 bits per heavy atom. The Morgan fingerprint density at radius 1 is 1.62 bits per heavy atom. The highest BCUT2D eigenvalue weighted by molar-refractivity contribution is 5.72. The molecule has 4 nitrogen and oxygen atoms in total. The Kier molecular flexibility index (Phi) is 3.31. The zero-order chi connectivity index (χ0) is 9.84. The molecule has 13 heavy (non-hydrogen) atoms. The number of hydrogen-bond acceptors (Lipinski definition) is 3. The predicted octanol–water partition coefficient (Wildman–Crippen LogP) is 1.61. The van der Waals surface area contributed by atoms with Gasteiger partial charge in [-0.2, -0.15) is 0 Å². The summed E-state index contributed by atoms with van der Waals surface area (Å²) < 4.78 is 0. The highest BCUT2D eigenvalue weighted by Crippen LogP contribution is 2.21. The van der Waals surface area contributed by atoms with E-state index in [1.165, 1.54) is 6.92 Å². The molecule has 0 aromatic rings. The van der Waals surface area contributed by atoms with Gasteiger partial charge in [0.25, 0.3) is 0 Å². The van der Waals surface area contributed by atoms with Crippen LogP contribution in [0.25, 0.3) is 0 Å². The van der Waals surface area contributed by atoms with Crippen molar-refractivity contribution in [3.05, 3.63) is 11.8 Å². The molecule has 0 aromatic heterocycles. The third kappa shape index (κ3) is 2.45. The van der Waals surface area contributed by atoms with E-state index in [4.69, 9.17) is 5.11 Å². The van der Waals surface area contributed by atoms with Gasteiger partial charge in [-0.15, -0.1) is 0 Å². The summed E-state index contributed by atoms with van der Waals surface area (Å²) in [6, 6.07) is -0.857. The van der Waals surface area contributed by atoms with Gasteiger partial charge in [-0.1, -0.05) is 6.08 Å². The summed E-state index contributed by atoms with van der Waals surface area (Å²) in [4.78, 5) is 10.6. The number of hydrogen-bond donors (Lipinski definition) is 2. The van der Waals surface area contributed by atoms with Gasteiger partial charge >= 0.3 is 5.97 Å². The van der Waals surface area contributed by atoms with Crippen molar-refractivity contribution in [1.29, 1.82) is 0 Å². The van der Waals surface area contributed by atoms with Crippen LogP contribution in [0.15, 0.2) is 11.8 Å². The number of carbonyl (C=O) groups is 1. The van der Waals surface area contributed by atoms with E-state index in [9.17, 15) is 10.0 Å². The molecular weight excluding hydrogens is 170 g/mol. The number of nitrogens with zero attached hydrogens (tertiary/aromatic N) is 1. The van der Waals surface area contributed by atoms with Crippen molar-refractivity contribution in [2.24, 2.45) is 0 Å². The highest BCUT2D eigenvalue weighted by atomic mass is 16.5. The van der Waals surface area contributed by atoms with Crippen molar-refractivity contribution in [3.63, 3.8) is 0 Å². The molecule has 0 amide bonds. The zero-order valence-electron chi connectivity index (χ0n) is 7.73. The van der Waals surface area contributed by atoms with E-state index in [0.717, 1.165) is 36.4 Å². The Balaban J connectivity index is 2.60. The number of aliphatic carboxylic acids is 1. The predicted molar refractivity (Wildman–Crippen MR) is 47.3 cm³/mol. The van der Waals surface area contributed by atoms with Crippen LogP contribution in [0, 0.1) is 0 Å². The molecule has 0 aliphatic heterocycles. The van der Waals surface area contributed by atoms with Crippen molar-refractivity contribution in [1.82, 2.24) is 5.06 Å². The van der Waals surface area contributed by atoms with Gasteiger partial charge < -0.3 is 5.11 Å². The van der Waals surface area contributed by atoms with Gasteiger partial charge in [0.1, 0.15) is 0 Å². The van der Waals surface area contributed by atoms with E-state index in [1.54, 1.807) is 0 Å². The number of hydroxylamine groups is 2. The fourth-order valence-corrected chi connectivity index (χ4v) is 1.38. The molecule has 0 heterocycles. The summed E-state index contributed by atoms with van der Waals surface area (Å²) in [6.45, 7) is 1.47. The normalized spacial score (nSPS) is 19.1. The molecule has 0 bridgehead atoms. The summed E-state index contributed by atoms with van der Waals surface area (Å²) >= 11 is 0. The van der Waals surface area contributed by atoms with E-state index in [0.29, 0.717) is 0 Å². The minimum absolute atomic E-state index is 0.737. The monoisotopic (exact) mass is 185 g/mol. The van der Waals surface area contributed by atoms with Gasteiger partial charge in [0.05, 0.1) is 0 Å². The lowest BCUT2D eigenvalue weighted by Crippen LogP contribution is -2.36. The third-order valence-electron chi connectivity index (χ3n) is 2.29. The molecule has 1 aliphatic rings. The maximum Gasteiger partial charge on any atom is 0.328 e. The van der Waals surface area contributed by atoms with Crippen LogP contribution in [0.3, 0.4) is 0 Å². The molecule has 1 unspecified atom stereocenters. The lowest BCUT2D eigenvalue weighted by molar-refractivity contribution is -0.159. The van der Waals surface area contributed by atoms with E-state index >= 15 is 0 Å². The largest absolute Gasteiger partial charge is 0.480 e. The van der Waals surface area contributed by atoms with E-state index in [1.807, 2.05) is 6.08 Å². The van der Waals surface area contributed by atoms with Crippen molar-refractivity contribution in [2.75, 3.05) is 0 Å². The molecule has 0 fully saturated rings. The van der Waals surface area contributed by atoms with Gasteiger partial charge in [-0.3, -0.25) is 5.21 Å². The minimum atomic E-state index is -1.01. The summed E-state index contributed by atoms with van der Waals surface area (Å²) in [5.41, 5.74) is 0.737. The number of carboxylic acids is 1. The van der Waals surface area contributed by atoms with Crippen molar-refractivity contribution in [2.45, 2.75) is 38.6 Å². The zero-order valence-corrected chi connectivity index (χ0v) is 7.73. The second-order valence-corrected chi connectivity index (χ2v) is 3.30. The summed E-state index contributed by atoms with van der Waals surface area (Å²) in [5, 5.41) is 19.0. The maximum atomic E-state index is 10.6. The second kappa shape index (κ2) is 4.28. The summed E-state index contributed by atoms with van der Waals surface area (Å²) in [5.74, 6) is -1.01. The topological polar surface area (TPSA) is 60.8 Å². The van der Waals surface area contributed by atoms with Crippen LogP contribution >= 0.6 is 0 Å². The molecule has 2 N–H and O–H groups in total. The standard InChI is InChI=1S/C9H15NO3/c1-7(9(11)12)10(13)8-5-3-2-4-6-8/h5,7,13H,2-4,6H2,1H3,(H,11,12). The number of carboxylic acid groups (broad SMARTS) is 1. The van der Waals surface area contributed by atoms with Gasteiger partial charge in [0.2, 0.25) is 0 Å². The van der Waals surface area contributed by atoms with Crippen molar-refractivity contribution >= 4 is 5.97 Å². The molecule has 0 aromatic carbocycles. The van der Waals surface area contributed by atoms with Gasteiger partial charge in [-0.25, -0.2) is 9.86 Å².